The lowest BCUT2D eigenvalue weighted by atomic mass is 9.69. The summed E-state index contributed by atoms with van der Waals surface area (Å²) in [6, 6.07) is 1.65. The second-order valence-corrected chi connectivity index (χ2v) is 7.50. The van der Waals surface area contributed by atoms with Crippen LogP contribution in [0, 0.1) is 0 Å². The molecule has 0 aromatic carbocycles. The summed E-state index contributed by atoms with van der Waals surface area (Å²) in [5.41, 5.74) is -0.687. The number of rotatable bonds is 5. The van der Waals surface area contributed by atoms with Crippen LogP contribution in [0.5, 0.6) is 0 Å². The summed E-state index contributed by atoms with van der Waals surface area (Å²) in [6.45, 7) is 7.66. The number of aliphatic carboxylic acids is 1. The monoisotopic (exact) mass is 340 g/mol. The number of hydrogen-bond donors (Lipinski definition) is 1. The highest BCUT2D eigenvalue weighted by Gasteiger charge is 2.54. The number of hydrogen-bond acceptors (Lipinski definition) is 6. The first kappa shape index (κ1) is 18.0. The van der Waals surface area contributed by atoms with Crippen molar-refractivity contribution in [1.29, 1.82) is 0 Å². The van der Waals surface area contributed by atoms with Gasteiger partial charge in [0, 0.05) is 16.1 Å². The summed E-state index contributed by atoms with van der Waals surface area (Å²) < 4.78 is 16.7. The van der Waals surface area contributed by atoms with Crippen molar-refractivity contribution in [3.63, 3.8) is 0 Å². The Bertz CT molecular complexity index is 593. The largest absolute Gasteiger partial charge is 0.481 e. The Morgan fingerprint density at radius 2 is 1.87 bits per heavy atom. The zero-order valence-corrected chi connectivity index (χ0v) is 14.7. The number of carboxylic acids is 1. The van der Waals surface area contributed by atoms with Gasteiger partial charge in [-0.1, -0.05) is 0 Å². The van der Waals surface area contributed by atoms with Crippen LogP contribution in [0.2, 0.25) is 0 Å². The van der Waals surface area contributed by atoms with Crippen LogP contribution in [0.1, 0.15) is 55.2 Å². The molecule has 1 N–H and O–H groups in total. The molecular formula is C15H21BO6S. The number of carbonyl (C=O) groups is 2. The lowest BCUT2D eigenvalue weighted by Gasteiger charge is -2.32. The van der Waals surface area contributed by atoms with Crippen molar-refractivity contribution >= 4 is 30.4 Å². The first-order valence-corrected chi connectivity index (χ1v) is 8.19. The smallest absolute Gasteiger partial charge is 0.467 e. The molecule has 1 atom stereocenters. The van der Waals surface area contributed by atoms with Crippen molar-refractivity contribution in [3.8, 4) is 0 Å². The second kappa shape index (κ2) is 6.26. The van der Waals surface area contributed by atoms with Crippen LogP contribution in [0.3, 0.4) is 0 Å². The second-order valence-electron chi connectivity index (χ2n) is 6.56. The molecular weight excluding hydrogens is 319 g/mol. The molecule has 126 valence electrons. The molecule has 23 heavy (non-hydrogen) atoms. The average molecular weight is 340 g/mol. The first-order chi connectivity index (χ1) is 10.6. The van der Waals surface area contributed by atoms with Crippen molar-refractivity contribution in [2.45, 2.75) is 51.1 Å². The predicted octanol–water partition coefficient (Wildman–Crippen LogP) is 2.72. The Balaban J connectivity index is 2.30. The van der Waals surface area contributed by atoms with Crippen LogP contribution in [0.15, 0.2) is 11.4 Å². The average Bonchev–Trinajstić information content (AvgIpc) is 2.98. The fourth-order valence-corrected chi connectivity index (χ4v) is 3.34. The number of ether oxygens (including phenoxy) is 1. The van der Waals surface area contributed by atoms with Gasteiger partial charge in [-0.3, -0.25) is 4.79 Å². The Labute approximate surface area is 139 Å². The van der Waals surface area contributed by atoms with Crippen LogP contribution in [-0.4, -0.2) is 42.5 Å². The van der Waals surface area contributed by atoms with E-state index in [9.17, 15) is 14.7 Å². The third kappa shape index (κ3) is 3.59. The van der Waals surface area contributed by atoms with E-state index in [0.29, 0.717) is 5.56 Å². The molecule has 1 aliphatic heterocycles. The van der Waals surface area contributed by atoms with Crippen LogP contribution >= 0.6 is 11.3 Å². The zero-order valence-electron chi connectivity index (χ0n) is 13.9. The van der Waals surface area contributed by atoms with Gasteiger partial charge in [0.25, 0.3) is 0 Å². The minimum absolute atomic E-state index is 0.141. The third-order valence-corrected chi connectivity index (χ3v) is 5.47. The number of carbonyl (C=O) groups excluding carboxylic acids is 1. The van der Waals surface area contributed by atoms with E-state index in [2.05, 4.69) is 0 Å². The molecule has 1 fully saturated rings. The van der Waals surface area contributed by atoms with Crippen LogP contribution in [-0.2, 0) is 18.8 Å². The molecule has 1 aliphatic rings. The predicted molar refractivity (Wildman–Crippen MR) is 86.7 cm³/mol. The van der Waals surface area contributed by atoms with E-state index < -0.39 is 36.1 Å². The quantitative estimate of drug-likeness (QED) is 0.656. The van der Waals surface area contributed by atoms with Gasteiger partial charge in [0.05, 0.1) is 30.3 Å². The molecule has 1 aromatic rings. The maximum Gasteiger partial charge on any atom is 0.467 e. The Morgan fingerprint density at radius 1 is 1.30 bits per heavy atom. The summed E-state index contributed by atoms with van der Waals surface area (Å²) in [5.74, 6) is -1.88. The standard InChI is InChI=1S/C15H21BO6S/c1-14(2)15(3,4)22-16(21-14)10(7-12(17)18)11-6-9(8-23-11)13(19)20-5/h6,8,10H,7H2,1-5H3,(H,17,18). The molecule has 0 amide bonds. The lowest BCUT2D eigenvalue weighted by molar-refractivity contribution is -0.137. The van der Waals surface area contributed by atoms with Gasteiger partial charge >= 0.3 is 19.1 Å². The summed E-state index contributed by atoms with van der Waals surface area (Å²) in [6.07, 6.45) is -0.141. The van der Waals surface area contributed by atoms with Crippen molar-refractivity contribution in [1.82, 2.24) is 0 Å². The van der Waals surface area contributed by atoms with E-state index in [1.54, 1.807) is 11.4 Å². The molecule has 1 saturated heterocycles. The van der Waals surface area contributed by atoms with Gasteiger partial charge in [0.2, 0.25) is 0 Å². The van der Waals surface area contributed by atoms with Crippen molar-refractivity contribution in [3.05, 3.63) is 21.9 Å². The molecule has 0 bridgehead atoms. The topological polar surface area (TPSA) is 82.1 Å². The summed E-state index contributed by atoms with van der Waals surface area (Å²) in [5, 5.41) is 10.9. The van der Waals surface area contributed by atoms with Crippen LogP contribution in [0.4, 0.5) is 0 Å². The summed E-state index contributed by atoms with van der Waals surface area (Å²) >= 11 is 1.31. The normalized spacial score (nSPS) is 20.3. The SMILES string of the molecule is COC(=O)c1csc(C(CC(=O)O)B2OC(C)(C)C(C)(C)O2)c1. The highest BCUT2D eigenvalue weighted by Crippen LogP contribution is 2.42. The van der Waals surface area contributed by atoms with Crippen LogP contribution < -0.4 is 0 Å². The molecule has 2 heterocycles. The Hall–Kier alpha value is -1.38. The van der Waals surface area contributed by atoms with Gasteiger partial charge in [0.1, 0.15) is 0 Å². The van der Waals surface area contributed by atoms with E-state index in [0.717, 1.165) is 4.88 Å². The van der Waals surface area contributed by atoms with Gasteiger partial charge in [0.15, 0.2) is 0 Å². The van der Waals surface area contributed by atoms with Gasteiger partial charge in [-0.25, -0.2) is 4.79 Å². The minimum Gasteiger partial charge on any atom is -0.481 e. The molecule has 2 rings (SSSR count). The molecule has 0 aliphatic carbocycles. The van der Waals surface area contributed by atoms with Gasteiger partial charge in [-0.05, 0) is 33.8 Å². The number of thiophene rings is 1. The van der Waals surface area contributed by atoms with Gasteiger partial charge < -0.3 is 19.2 Å². The van der Waals surface area contributed by atoms with E-state index in [1.807, 2.05) is 27.7 Å². The van der Waals surface area contributed by atoms with Crippen LogP contribution in [0.25, 0.3) is 0 Å². The Morgan fingerprint density at radius 3 is 2.35 bits per heavy atom. The summed E-state index contributed by atoms with van der Waals surface area (Å²) in [7, 11) is 0.628. The van der Waals surface area contributed by atoms with Gasteiger partial charge in [-0.2, -0.15) is 0 Å². The zero-order chi connectivity index (χ0) is 17.4. The fourth-order valence-electron chi connectivity index (χ4n) is 2.34. The number of esters is 1. The van der Waals surface area contributed by atoms with E-state index in [4.69, 9.17) is 14.0 Å². The van der Waals surface area contributed by atoms with E-state index in [1.165, 1.54) is 18.4 Å². The molecule has 0 saturated carbocycles. The Kier molecular flexibility index (Phi) is 4.89. The van der Waals surface area contributed by atoms with Crippen molar-refractivity contribution < 1.29 is 28.7 Å². The third-order valence-electron chi connectivity index (χ3n) is 4.40. The molecule has 0 radical (unpaired) electrons. The summed E-state index contributed by atoms with van der Waals surface area (Å²) in [4.78, 5) is 23.6. The fraction of sp³-hybridized carbons (Fsp3) is 0.600. The highest BCUT2D eigenvalue weighted by molar-refractivity contribution is 7.10. The molecule has 1 unspecified atom stereocenters. The maximum absolute atomic E-state index is 11.6. The maximum atomic E-state index is 11.6. The van der Waals surface area contributed by atoms with E-state index >= 15 is 0 Å². The number of methoxy groups -OCH3 is 1. The van der Waals surface area contributed by atoms with Crippen molar-refractivity contribution in [2.75, 3.05) is 7.11 Å². The molecule has 6 nitrogen and oxygen atoms in total. The van der Waals surface area contributed by atoms with E-state index in [-0.39, 0.29) is 6.42 Å². The molecule has 8 heteroatoms. The van der Waals surface area contributed by atoms with Crippen molar-refractivity contribution in [2.24, 2.45) is 0 Å². The minimum atomic E-state index is -0.947. The lowest BCUT2D eigenvalue weighted by Crippen LogP contribution is -2.41. The molecule has 0 spiro atoms. The highest BCUT2D eigenvalue weighted by atomic mass is 32.1. The number of carboxylic acid groups (broad SMARTS) is 1. The first-order valence-electron chi connectivity index (χ1n) is 7.31. The van der Waals surface area contributed by atoms with Gasteiger partial charge in [-0.15, -0.1) is 11.3 Å². The molecule has 1 aromatic heterocycles.